The van der Waals surface area contributed by atoms with Crippen molar-refractivity contribution in [1.82, 2.24) is 15.3 Å². The largest absolute Gasteiger partial charge is 0.573 e. The lowest BCUT2D eigenvalue weighted by Crippen LogP contribution is -2.62. The molecule has 8 nitrogen and oxygen atoms in total. The van der Waals surface area contributed by atoms with E-state index >= 15 is 0 Å². The summed E-state index contributed by atoms with van der Waals surface area (Å²) in [5.41, 5.74) is -4.95. The molecule has 1 fully saturated rings. The maximum Gasteiger partial charge on any atom is 0.573 e. The van der Waals surface area contributed by atoms with Crippen LogP contribution in [0.4, 0.5) is 23.2 Å². The highest BCUT2D eigenvalue weighted by atomic mass is 35.5. The van der Waals surface area contributed by atoms with Crippen LogP contribution in [0.5, 0.6) is 5.75 Å². The Kier molecular flexibility index (Phi) is 8.09. The van der Waals surface area contributed by atoms with Crippen LogP contribution in [0.3, 0.4) is 0 Å². The van der Waals surface area contributed by atoms with Crippen molar-refractivity contribution >= 4 is 29.1 Å². The van der Waals surface area contributed by atoms with Crippen LogP contribution in [0.25, 0.3) is 0 Å². The van der Waals surface area contributed by atoms with Crippen LogP contribution >= 0.6 is 11.6 Å². The van der Waals surface area contributed by atoms with Crippen LogP contribution in [-0.2, 0) is 19.9 Å². The number of amides is 2. The van der Waals surface area contributed by atoms with E-state index in [1.807, 2.05) is 13.8 Å². The molecule has 196 valence electrons. The zero-order valence-corrected chi connectivity index (χ0v) is 20.4. The Morgan fingerprint density at radius 2 is 1.83 bits per heavy atom. The number of nitrogens with zero attached hydrogens (tertiary/aromatic N) is 3. The van der Waals surface area contributed by atoms with E-state index in [0.717, 1.165) is 29.2 Å². The molecule has 0 radical (unpaired) electrons. The van der Waals surface area contributed by atoms with E-state index in [2.05, 4.69) is 20.0 Å². The van der Waals surface area contributed by atoms with E-state index in [1.54, 1.807) is 0 Å². The molecule has 0 bridgehead atoms. The molecule has 3 rings (SSSR count). The van der Waals surface area contributed by atoms with E-state index in [4.69, 9.17) is 16.3 Å². The van der Waals surface area contributed by atoms with E-state index in [1.165, 1.54) is 25.6 Å². The van der Waals surface area contributed by atoms with Gasteiger partial charge in [-0.25, -0.2) is 14.4 Å². The van der Waals surface area contributed by atoms with Crippen molar-refractivity contribution in [1.29, 1.82) is 0 Å². The fourth-order valence-electron chi connectivity index (χ4n) is 4.01. The molecular weight excluding hydrogens is 508 g/mol. The molecule has 3 atom stereocenters. The number of carbonyl (C=O) groups excluding carboxylic acids is 2. The van der Waals surface area contributed by atoms with Gasteiger partial charge in [-0.1, -0.05) is 25.4 Å². The summed E-state index contributed by atoms with van der Waals surface area (Å²) in [6.07, 6.45) is -0.685. The normalized spacial score (nSPS) is 20.1. The van der Waals surface area contributed by atoms with Crippen LogP contribution in [0, 0.1) is 5.41 Å². The number of ether oxygens (including phenoxy) is 2. The summed E-state index contributed by atoms with van der Waals surface area (Å²) in [5, 5.41) is 2.93. The third-order valence-electron chi connectivity index (χ3n) is 6.02. The van der Waals surface area contributed by atoms with Gasteiger partial charge in [0.25, 0.3) is 17.4 Å². The van der Waals surface area contributed by atoms with Crippen molar-refractivity contribution in [3.05, 3.63) is 48.5 Å². The zero-order chi connectivity index (χ0) is 26.7. The molecule has 1 saturated heterocycles. The fourth-order valence-corrected chi connectivity index (χ4v) is 4.10. The van der Waals surface area contributed by atoms with Crippen LogP contribution in [0.1, 0.15) is 32.8 Å². The first kappa shape index (κ1) is 27.6. The molecule has 13 heteroatoms. The molecule has 0 saturated carbocycles. The molecule has 1 aliphatic heterocycles. The van der Waals surface area contributed by atoms with Gasteiger partial charge in [0.15, 0.2) is 5.54 Å². The molecule has 1 N–H and O–H groups in total. The zero-order valence-electron chi connectivity index (χ0n) is 19.7. The van der Waals surface area contributed by atoms with Gasteiger partial charge in [-0.05, 0) is 37.6 Å². The average molecular weight is 533 g/mol. The van der Waals surface area contributed by atoms with Crippen molar-refractivity contribution < 1.29 is 36.6 Å². The first-order chi connectivity index (χ1) is 16.8. The highest BCUT2D eigenvalue weighted by Gasteiger charge is 2.49. The monoisotopic (exact) mass is 532 g/mol. The third kappa shape index (κ3) is 6.04. The number of hydrogen-bond acceptors (Lipinski definition) is 6. The van der Waals surface area contributed by atoms with Gasteiger partial charge in [-0.3, -0.25) is 14.5 Å². The minimum Gasteiger partial charge on any atom is -0.406 e. The highest BCUT2D eigenvalue weighted by Crippen LogP contribution is 2.37. The number of alkyl halides is 5. The van der Waals surface area contributed by atoms with Gasteiger partial charge >= 0.3 is 6.36 Å². The number of rotatable bonds is 7. The smallest absolute Gasteiger partial charge is 0.406 e. The molecule has 0 spiro atoms. The van der Waals surface area contributed by atoms with Crippen molar-refractivity contribution in [2.24, 2.45) is 5.41 Å². The maximum absolute atomic E-state index is 14.2. The lowest BCUT2D eigenvalue weighted by molar-refractivity contribution is -0.274. The quantitative estimate of drug-likeness (QED) is 0.426. The number of halogens is 5. The van der Waals surface area contributed by atoms with Gasteiger partial charge < -0.3 is 14.8 Å². The second-order valence-electron chi connectivity index (χ2n) is 9.07. The summed E-state index contributed by atoms with van der Waals surface area (Å²) < 4.78 is 61.4. The van der Waals surface area contributed by atoms with E-state index in [0.29, 0.717) is 19.6 Å². The number of anilines is 1. The molecule has 1 aromatic heterocycles. The maximum atomic E-state index is 14.2. The Morgan fingerprint density at radius 3 is 2.36 bits per heavy atom. The minimum atomic E-state index is -4.94. The lowest BCUT2D eigenvalue weighted by Gasteiger charge is -2.44. The summed E-state index contributed by atoms with van der Waals surface area (Å²) in [7, 11) is 0. The number of nitrogens with one attached hydrogen (secondary N) is 1. The SMILES string of the molecule is CC1(C)COCCC1NC(=O)C(C)(c1cncnc1)N(C(=O)[C@H](F)Cl)c1ccc(OC(F)(F)F)cc1. The minimum absolute atomic E-state index is 0.106. The topological polar surface area (TPSA) is 93.6 Å². The average Bonchev–Trinajstić information content (AvgIpc) is 2.80. The number of hydrogen-bond donors (Lipinski definition) is 1. The summed E-state index contributed by atoms with van der Waals surface area (Å²) in [5.74, 6) is -2.58. The fraction of sp³-hybridized carbons (Fsp3) is 0.478. The second-order valence-corrected chi connectivity index (χ2v) is 9.45. The Hall–Kier alpha value is -2.99. The van der Waals surface area contributed by atoms with Gasteiger partial charge in [-0.2, -0.15) is 0 Å². The van der Waals surface area contributed by atoms with Crippen LogP contribution < -0.4 is 15.0 Å². The molecule has 2 unspecified atom stereocenters. The number of carbonyl (C=O) groups is 2. The molecule has 36 heavy (non-hydrogen) atoms. The predicted octanol–water partition coefficient (Wildman–Crippen LogP) is 4.09. The standard InChI is InChI=1S/C23H25ClF4N4O4/c1-21(2)12-35-9-8-17(21)31-20(34)22(3,14-10-29-13-30-11-14)32(19(33)18(24)25)15-4-6-16(7-5-15)36-23(26,27)28/h4-7,10-11,13,17-18H,8-9,12H2,1-3H3,(H,31,34)/t17?,18-,22?/m0/s1. The Labute approximate surface area is 209 Å². The molecule has 2 amide bonds. The van der Waals surface area contributed by atoms with E-state index in [9.17, 15) is 27.2 Å². The van der Waals surface area contributed by atoms with Gasteiger partial charge in [0.1, 0.15) is 12.1 Å². The summed E-state index contributed by atoms with van der Waals surface area (Å²) in [6, 6.07) is 3.69. The number of benzene rings is 1. The Bertz CT molecular complexity index is 1070. The molecule has 2 heterocycles. The van der Waals surface area contributed by atoms with E-state index in [-0.39, 0.29) is 17.3 Å². The van der Waals surface area contributed by atoms with Crippen molar-refractivity contribution in [2.45, 2.75) is 50.8 Å². The molecule has 1 aliphatic rings. The van der Waals surface area contributed by atoms with Crippen LogP contribution in [-0.4, -0.2) is 53.0 Å². The first-order valence-corrected chi connectivity index (χ1v) is 11.3. The van der Waals surface area contributed by atoms with E-state index < -0.39 is 40.5 Å². The first-order valence-electron chi connectivity index (χ1n) is 10.9. The molecular formula is C23H25ClF4N4O4. The summed E-state index contributed by atoms with van der Waals surface area (Å²) in [4.78, 5) is 35.6. The van der Waals surface area contributed by atoms with Gasteiger partial charge in [-0.15, -0.1) is 13.2 Å². The third-order valence-corrected chi connectivity index (χ3v) is 6.21. The highest BCUT2D eigenvalue weighted by molar-refractivity contribution is 6.32. The van der Waals surface area contributed by atoms with Crippen LogP contribution in [0.15, 0.2) is 43.0 Å². The van der Waals surface area contributed by atoms with Gasteiger partial charge in [0, 0.05) is 41.7 Å². The number of aromatic nitrogens is 2. The molecule has 2 aromatic rings. The summed E-state index contributed by atoms with van der Waals surface area (Å²) in [6.45, 7) is 5.93. The van der Waals surface area contributed by atoms with Gasteiger partial charge in [0.05, 0.1) is 6.61 Å². The van der Waals surface area contributed by atoms with Crippen molar-refractivity contribution in [3.8, 4) is 5.75 Å². The van der Waals surface area contributed by atoms with Crippen molar-refractivity contribution in [2.75, 3.05) is 18.1 Å². The van der Waals surface area contributed by atoms with Crippen LogP contribution in [0.2, 0.25) is 0 Å². The predicted molar refractivity (Wildman–Crippen MR) is 122 cm³/mol. The molecule has 1 aromatic carbocycles. The lowest BCUT2D eigenvalue weighted by atomic mass is 9.80. The van der Waals surface area contributed by atoms with Gasteiger partial charge in [0.2, 0.25) is 0 Å². The Balaban J connectivity index is 2.10. The van der Waals surface area contributed by atoms with Crippen molar-refractivity contribution in [3.63, 3.8) is 0 Å². The second kappa shape index (κ2) is 10.6. The summed E-state index contributed by atoms with van der Waals surface area (Å²) >= 11 is 5.52. The Morgan fingerprint density at radius 1 is 1.22 bits per heavy atom. The molecule has 0 aliphatic carbocycles.